The number of rotatable bonds is 3. The van der Waals surface area contributed by atoms with Gasteiger partial charge in [0, 0.05) is 10.9 Å². The van der Waals surface area contributed by atoms with Crippen molar-refractivity contribution in [1.82, 2.24) is 4.98 Å². The summed E-state index contributed by atoms with van der Waals surface area (Å²) < 4.78 is 0. The molecule has 0 saturated heterocycles. The Morgan fingerprint density at radius 1 is 0.952 bits per heavy atom. The number of nitrogens with one attached hydrogen (secondary N) is 1. The molecule has 0 aliphatic carbocycles. The van der Waals surface area contributed by atoms with E-state index in [-0.39, 0.29) is 22.8 Å². The number of hydrazone groups is 1. The van der Waals surface area contributed by atoms with Crippen molar-refractivity contribution in [3.8, 4) is 5.75 Å². The van der Waals surface area contributed by atoms with Gasteiger partial charge in [-0.1, -0.05) is 30.3 Å². The van der Waals surface area contributed by atoms with E-state index in [1.54, 1.807) is 24.4 Å². The molecule has 1 aromatic heterocycles. The van der Waals surface area contributed by atoms with Gasteiger partial charge in [0.15, 0.2) is 0 Å². The minimum absolute atomic E-state index is 0. The fourth-order valence-electron chi connectivity index (χ4n) is 1.89. The van der Waals surface area contributed by atoms with Crippen molar-refractivity contribution in [2.24, 2.45) is 5.10 Å². The first-order valence-electron chi connectivity index (χ1n) is 6.26. The van der Waals surface area contributed by atoms with Crippen LogP contribution < -0.4 is 5.43 Å². The number of phenols is 1. The third-order valence-corrected chi connectivity index (χ3v) is 2.92. The molecule has 0 atom stereocenters. The summed E-state index contributed by atoms with van der Waals surface area (Å²) in [5.41, 5.74) is 4.43. The molecule has 3 aromatic rings. The van der Waals surface area contributed by atoms with Gasteiger partial charge < -0.3 is 5.11 Å². The van der Waals surface area contributed by atoms with Gasteiger partial charge in [-0.05, 0) is 30.3 Å². The Hall–Kier alpha value is -2.36. The Balaban J connectivity index is 0.00000161. The second-order valence-corrected chi connectivity index (χ2v) is 4.32. The van der Waals surface area contributed by atoms with Crippen molar-refractivity contribution in [2.75, 3.05) is 5.43 Å². The summed E-state index contributed by atoms with van der Waals surface area (Å²) in [7, 11) is 0. The second-order valence-electron chi connectivity index (χ2n) is 4.32. The summed E-state index contributed by atoms with van der Waals surface area (Å²) in [6, 6.07) is 18.8. The van der Waals surface area contributed by atoms with Crippen LogP contribution >= 0.6 is 0 Å². The van der Waals surface area contributed by atoms with E-state index in [4.69, 9.17) is 0 Å². The summed E-state index contributed by atoms with van der Waals surface area (Å²) in [5, 5.41) is 14.8. The van der Waals surface area contributed by atoms with Crippen LogP contribution in [0.3, 0.4) is 0 Å². The van der Waals surface area contributed by atoms with Gasteiger partial charge in [-0.2, -0.15) is 5.10 Å². The molecule has 21 heavy (non-hydrogen) atoms. The first-order valence-corrected chi connectivity index (χ1v) is 6.26. The van der Waals surface area contributed by atoms with Gasteiger partial charge in [0.2, 0.25) is 0 Å². The molecule has 3 rings (SSSR count). The Bertz CT molecular complexity index is 774. The Morgan fingerprint density at radius 2 is 1.71 bits per heavy atom. The average molecular weight is 327 g/mol. The number of fused-ring (bicyclic) bond motifs is 1. The zero-order valence-corrected chi connectivity index (χ0v) is 11.9. The summed E-state index contributed by atoms with van der Waals surface area (Å²) in [6.45, 7) is 0. The Morgan fingerprint density at radius 3 is 2.57 bits per heavy atom. The quantitative estimate of drug-likeness (QED) is 0.440. The number of benzene rings is 2. The third kappa shape index (κ3) is 3.60. The molecular weight excluding hydrogens is 314 g/mol. The van der Waals surface area contributed by atoms with Crippen LogP contribution in [0.1, 0.15) is 5.56 Å². The fourth-order valence-corrected chi connectivity index (χ4v) is 1.89. The van der Waals surface area contributed by atoms with Crippen molar-refractivity contribution in [1.29, 1.82) is 0 Å². The fraction of sp³-hybridized carbons (Fsp3) is 0. The molecule has 107 valence electrons. The number of para-hydroxylation sites is 2. The van der Waals surface area contributed by atoms with E-state index in [1.807, 2.05) is 42.5 Å². The van der Waals surface area contributed by atoms with Crippen molar-refractivity contribution in [3.05, 3.63) is 66.2 Å². The van der Waals surface area contributed by atoms with Gasteiger partial charge in [0.1, 0.15) is 11.6 Å². The number of nitrogens with zero attached hydrogens (tertiary/aromatic N) is 2. The number of hydrogen-bond acceptors (Lipinski definition) is 4. The van der Waals surface area contributed by atoms with Crippen molar-refractivity contribution < 1.29 is 22.2 Å². The molecule has 0 spiro atoms. The second kappa shape index (κ2) is 6.88. The van der Waals surface area contributed by atoms with Crippen molar-refractivity contribution in [2.45, 2.75) is 0 Å². The summed E-state index contributed by atoms with van der Waals surface area (Å²) in [4.78, 5) is 4.44. The zero-order chi connectivity index (χ0) is 13.8. The van der Waals surface area contributed by atoms with Gasteiger partial charge in [0.05, 0.1) is 11.7 Å². The van der Waals surface area contributed by atoms with Crippen LogP contribution in [-0.4, -0.2) is 16.3 Å². The normalized spacial score (nSPS) is 10.5. The van der Waals surface area contributed by atoms with Crippen LogP contribution in [0.4, 0.5) is 5.82 Å². The van der Waals surface area contributed by atoms with Gasteiger partial charge in [-0.15, -0.1) is 0 Å². The molecule has 0 aliphatic heterocycles. The smallest absolute Gasteiger partial charge is 0.507 e. The molecular formula is C16H13CuN3O+2. The SMILES string of the molecule is Oc1ccccc1/C=N/Nc1ccc2ccccc2n1.[Cu+2]. The monoisotopic (exact) mass is 326 g/mol. The number of phenolic OH excluding ortho intramolecular Hbond substituents is 1. The topological polar surface area (TPSA) is 57.5 Å². The first kappa shape index (κ1) is 15.0. The predicted octanol–water partition coefficient (Wildman–Crippen LogP) is 3.38. The molecule has 0 bridgehead atoms. The number of aromatic hydroxyl groups is 1. The van der Waals surface area contributed by atoms with Crippen LogP contribution in [-0.2, 0) is 17.1 Å². The van der Waals surface area contributed by atoms with Crippen molar-refractivity contribution >= 4 is 22.9 Å². The molecule has 0 fully saturated rings. The van der Waals surface area contributed by atoms with Gasteiger partial charge in [0.25, 0.3) is 0 Å². The van der Waals surface area contributed by atoms with Crippen LogP contribution in [0.25, 0.3) is 10.9 Å². The number of pyridine rings is 1. The third-order valence-electron chi connectivity index (χ3n) is 2.92. The maximum atomic E-state index is 9.61. The summed E-state index contributed by atoms with van der Waals surface area (Å²) >= 11 is 0. The maximum absolute atomic E-state index is 9.61. The largest absolute Gasteiger partial charge is 2.00 e. The van der Waals surface area contributed by atoms with E-state index in [1.165, 1.54) is 0 Å². The van der Waals surface area contributed by atoms with Crippen LogP contribution in [0.15, 0.2) is 65.8 Å². The predicted molar refractivity (Wildman–Crippen MR) is 81.1 cm³/mol. The molecule has 0 aliphatic rings. The number of hydrogen-bond donors (Lipinski definition) is 2. The minimum atomic E-state index is 0. The van der Waals surface area contributed by atoms with Crippen LogP contribution in [0.5, 0.6) is 5.75 Å². The van der Waals surface area contributed by atoms with Crippen LogP contribution in [0.2, 0.25) is 0 Å². The molecule has 2 N–H and O–H groups in total. The number of anilines is 1. The molecule has 5 heteroatoms. The number of aromatic nitrogens is 1. The maximum Gasteiger partial charge on any atom is 2.00 e. The van der Waals surface area contributed by atoms with Crippen molar-refractivity contribution in [3.63, 3.8) is 0 Å². The van der Waals surface area contributed by atoms with Gasteiger partial charge >= 0.3 is 17.1 Å². The van der Waals surface area contributed by atoms with E-state index in [0.29, 0.717) is 11.4 Å². The molecule has 0 unspecified atom stereocenters. The first-order chi connectivity index (χ1) is 9.83. The van der Waals surface area contributed by atoms with E-state index >= 15 is 0 Å². The Kier molecular flexibility index (Phi) is 4.93. The molecule has 1 heterocycles. The molecule has 0 amide bonds. The average Bonchev–Trinajstić information content (AvgIpc) is 2.49. The van der Waals surface area contributed by atoms with E-state index < -0.39 is 0 Å². The van der Waals surface area contributed by atoms with Gasteiger partial charge in [-0.3, -0.25) is 5.43 Å². The minimum Gasteiger partial charge on any atom is -0.507 e. The van der Waals surface area contributed by atoms with Crippen LogP contribution in [0, 0.1) is 0 Å². The molecule has 0 saturated carbocycles. The summed E-state index contributed by atoms with van der Waals surface area (Å²) in [6.07, 6.45) is 1.56. The molecule has 2 aromatic carbocycles. The van der Waals surface area contributed by atoms with E-state index in [2.05, 4.69) is 15.5 Å². The van der Waals surface area contributed by atoms with E-state index in [9.17, 15) is 5.11 Å². The Labute approximate surface area is 133 Å². The van der Waals surface area contributed by atoms with Gasteiger partial charge in [-0.25, -0.2) is 4.98 Å². The van der Waals surface area contributed by atoms with E-state index in [0.717, 1.165) is 10.9 Å². The summed E-state index contributed by atoms with van der Waals surface area (Å²) in [5.74, 6) is 0.861. The molecule has 4 nitrogen and oxygen atoms in total. The zero-order valence-electron chi connectivity index (χ0n) is 11.0. The standard InChI is InChI=1S/C16H13N3O.Cu/c20-15-8-4-2-6-13(15)11-17-19-16-10-9-12-5-1-3-7-14(12)18-16;/h1-11,20H,(H,18,19);/q;+2/b17-11+;. The molecule has 1 radical (unpaired) electrons.